The van der Waals surface area contributed by atoms with E-state index in [4.69, 9.17) is 4.74 Å². The van der Waals surface area contributed by atoms with E-state index in [1.807, 2.05) is 0 Å². The highest BCUT2D eigenvalue weighted by molar-refractivity contribution is 7.90. The van der Waals surface area contributed by atoms with Crippen LogP contribution in [0.2, 0.25) is 0 Å². The first-order valence-corrected chi connectivity index (χ1v) is 11.5. The van der Waals surface area contributed by atoms with Crippen LogP contribution in [0, 0.1) is 0 Å². The van der Waals surface area contributed by atoms with Gasteiger partial charge in [-0.15, -0.1) is 23.7 Å². The number of anilines is 1. The van der Waals surface area contributed by atoms with Gasteiger partial charge < -0.3 is 10.1 Å². The van der Waals surface area contributed by atoms with Gasteiger partial charge in [-0.1, -0.05) is 13.0 Å². The number of nitrogens with one attached hydrogen (secondary N) is 1. The third kappa shape index (κ3) is 4.98. The van der Waals surface area contributed by atoms with Gasteiger partial charge in [0.25, 0.3) is 5.91 Å². The van der Waals surface area contributed by atoms with E-state index in [1.54, 1.807) is 0 Å². The number of benzene rings is 1. The normalized spacial score (nSPS) is 13.9. The number of thiophene rings is 1. The molecule has 0 radical (unpaired) electrons. The van der Waals surface area contributed by atoms with Crippen molar-refractivity contribution >= 4 is 50.5 Å². The summed E-state index contributed by atoms with van der Waals surface area (Å²) in [7, 11) is -2.11. The van der Waals surface area contributed by atoms with Gasteiger partial charge in [0.05, 0.1) is 17.6 Å². The fourth-order valence-corrected chi connectivity index (χ4v) is 5.12. The first kappa shape index (κ1) is 23.3. The van der Waals surface area contributed by atoms with Gasteiger partial charge in [0.2, 0.25) is 0 Å². The number of hydrogen-bond donors (Lipinski definition) is 1. The van der Waals surface area contributed by atoms with Gasteiger partial charge in [-0.25, -0.2) is 13.2 Å². The van der Waals surface area contributed by atoms with Gasteiger partial charge in [-0.3, -0.25) is 9.69 Å². The topological polar surface area (TPSA) is 92.8 Å². The highest BCUT2D eigenvalue weighted by Crippen LogP contribution is 2.37. The molecule has 0 saturated carbocycles. The summed E-state index contributed by atoms with van der Waals surface area (Å²) in [6.45, 7) is 4.55. The van der Waals surface area contributed by atoms with Crippen molar-refractivity contribution < 1.29 is 22.7 Å². The summed E-state index contributed by atoms with van der Waals surface area (Å²) in [5.41, 5.74) is 1.52. The van der Waals surface area contributed by atoms with Gasteiger partial charge in [0, 0.05) is 29.8 Å². The molecule has 0 spiro atoms. The molecule has 1 amide bonds. The van der Waals surface area contributed by atoms with E-state index in [0.717, 1.165) is 36.3 Å². The smallest absolute Gasteiger partial charge is 0.341 e. The molecule has 1 aliphatic rings. The van der Waals surface area contributed by atoms with Crippen molar-refractivity contribution in [3.05, 3.63) is 45.8 Å². The maximum atomic E-state index is 12.7. The first-order chi connectivity index (χ1) is 13.2. The van der Waals surface area contributed by atoms with Crippen molar-refractivity contribution in [2.45, 2.75) is 24.8 Å². The number of fused-ring (bicyclic) bond motifs is 1. The van der Waals surface area contributed by atoms with E-state index in [2.05, 4.69) is 17.1 Å². The van der Waals surface area contributed by atoms with E-state index in [-0.39, 0.29) is 22.9 Å². The molecule has 1 N–H and O–H groups in total. The molecule has 1 aliphatic heterocycles. The minimum absolute atomic E-state index is 0. The van der Waals surface area contributed by atoms with Crippen molar-refractivity contribution in [3.63, 3.8) is 0 Å². The van der Waals surface area contributed by atoms with Gasteiger partial charge in [0.15, 0.2) is 9.84 Å². The Hall–Kier alpha value is -1.94. The molecule has 158 valence electrons. The predicted octanol–water partition coefficient (Wildman–Crippen LogP) is 2.99. The average Bonchev–Trinajstić information content (AvgIpc) is 3.03. The molecule has 0 aliphatic carbocycles. The quantitative estimate of drug-likeness (QED) is 0.692. The number of rotatable bonds is 5. The van der Waals surface area contributed by atoms with E-state index < -0.39 is 21.7 Å². The van der Waals surface area contributed by atoms with E-state index in [0.29, 0.717) is 17.0 Å². The lowest BCUT2D eigenvalue weighted by Gasteiger charge is -2.25. The Morgan fingerprint density at radius 1 is 1.31 bits per heavy atom. The second-order valence-corrected chi connectivity index (χ2v) is 9.69. The van der Waals surface area contributed by atoms with Crippen molar-refractivity contribution in [3.8, 4) is 0 Å². The Bertz CT molecular complexity index is 1030. The summed E-state index contributed by atoms with van der Waals surface area (Å²) < 4.78 is 28.4. The number of carbonyl (C=O) groups excluding carboxylic acids is 2. The third-order valence-corrected chi connectivity index (χ3v) is 6.97. The summed E-state index contributed by atoms with van der Waals surface area (Å²) >= 11 is 1.36. The predicted molar refractivity (Wildman–Crippen MR) is 115 cm³/mol. The number of amides is 1. The summed E-state index contributed by atoms with van der Waals surface area (Å²) in [4.78, 5) is 28.5. The number of likely N-dealkylation sites (N-methyl/N-ethyl adjacent to an activating group) is 1. The standard InChI is InChI=1S/C19H22N2O5S2.ClH/c1-4-21-9-8-14-15(11-21)27-18(16(14)19(23)26-2)20-17(22)12-6-5-7-13(10-12)28(3,24)25;/h5-7,10H,4,8-9,11H2,1-3H3,(H,20,22);1H. The average molecular weight is 459 g/mol. The van der Waals surface area contributed by atoms with Crippen LogP contribution in [0.1, 0.15) is 38.1 Å². The number of methoxy groups -OCH3 is 1. The lowest BCUT2D eigenvalue weighted by atomic mass is 10.0. The molecular formula is C19H23ClN2O5S2. The monoisotopic (exact) mass is 458 g/mol. The van der Waals surface area contributed by atoms with Gasteiger partial charge >= 0.3 is 5.97 Å². The zero-order valence-corrected chi connectivity index (χ0v) is 18.8. The van der Waals surface area contributed by atoms with Crippen LogP contribution in [-0.4, -0.2) is 51.6 Å². The molecule has 0 saturated heterocycles. The molecule has 0 atom stereocenters. The van der Waals surface area contributed by atoms with Gasteiger partial charge in [0.1, 0.15) is 5.00 Å². The van der Waals surface area contributed by atoms with E-state index >= 15 is 0 Å². The number of sulfone groups is 1. The van der Waals surface area contributed by atoms with Crippen LogP contribution in [0.25, 0.3) is 0 Å². The molecule has 29 heavy (non-hydrogen) atoms. The highest BCUT2D eigenvalue weighted by Gasteiger charge is 2.29. The zero-order chi connectivity index (χ0) is 20.5. The maximum Gasteiger partial charge on any atom is 0.341 e. The Labute approximate surface area is 180 Å². The van der Waals surface area contributed by atoms with Crippen LogP contribution < -0.4 is 5.32 Å². The van der Waals surface area contributed by atoms with Crippen LogP contribution in [-0.2, 0) is 27.5 Å². The van der Waals surface area contributed by atoms with Gasteiger partial charge in [-0.2, -0.15) is 0 Å². The Kier molecular flexibility index (Phi) is 7.45. The second kappa shape index (κ2) is 9.25. The molecule has 1 aromatic carbocycles. The molecule has 7 nitrogen and oxygen atoms in total. The highest BCUT2D eigenvalue weighted by atomic mass is 35.5. The fourth-order valence-electron chi connectivity index (χ4n) is 3.18. The summed E-state index contributed by atoms with van der Waals surface area (Å²) in [5, 5.41) is 3.21. The Morgan fingerprint density at radius 2 is 2.03 bits per heavy atom. The number of esters is 1. The SMILES string of the molecule is CCN1CCc2c(sc(NC(=O)c3cccc(S(C)(=O)=O)c3)c2C(=O)OC)C1.Cl. The fraction of sp³-hybridized carbons (Fsp3) is 0.368. The number of ether oxygens (including phenoxy) is 1. The lowest BCUT2D eigenvalue weighted by molar-refractivity contribution is 0.0600. The molecule has 2 aromatic rings. The number of halogens is 1. The number of nitrogens with zero attached hydrogens (tertiary/aromatic N) is 1. The Morgan fingerprint density at radius 3 is 2.66 bits per heavy atom. The van der Waals surface area contributed by atoms with Crippen molar-refractivity contribution in [2.75, 3.05) is 31.8 Å². The largest absolute Gasteiger partial charge is 0.465 e. The Balaban J connectivity index is 0.00000300. The molecule has 10 heteroatoms. The zero-order valence-electron chi connectivity index (χ0n) is 16.4. The van der Waals surface area contributed by atoms with Crippen LogP contribution in [0.3, 0.4) is 0 Å². The van der Waals surface area contributed by atoms with Crippen LogP contribution >= 0.6 is 23.7 Å². The summed E-state index contributed by atoms with van der Waals surface area (Å²) in [5.74, 6) is -0.954. The first-order valence-electron chi connectivity index (χ1n) is 8.81. The minimum atomic E-state index is -3.43. The van der Waals surface area contributed by atoms with Crippen molar-refractivity contribution in [1.29, 1.82) is 0 Å². The molecule has 1 aromatic heterocycles. The summed E-state index contributed by atoms with van der Waals surface area (Å²) in [6.07, 6.45) is 1.80. The second-order valence-electron chi connectivity index (χ2n) is 6.57. The summed E-state index contributed by atoms with van der Waals surface area (Å²) in [6, 6.07) is 5.82. The molecule has 3 rings (SSSR count). The molecule has 2 heterocycles. The molecule has 0 bridgehead atoms. The number of hydrogen-bond acceptors (Lipinski definition) is 7. The molecule has 0 unspecified atom stereocenters. The van der Waals surface area contributed by atoms with Crippen molar-refractivity contribution in [2.24, 2.45) is 0 Å². The van der Waals surface area contributed by atoms with Gasteiger partial charge in [-0.05, 0) is 36.7 Å². The van der Waals surface area contributed by atoms with E-state index in [9.17, 15) is 18.0 Å². The lowest BCUT2D eigenvalue weighted by Crippen LogP contribution is -2.29. The molecule has 0 fully saturated rings. The van der Waals surface area contributed by atoms with Crippen LogP contribution in [0.4, 0.5) is 5.00 Å². The van der Waals surface area contributed by atoms with Crippen LogP contribution in [0.5, 0.6) is 0 Å². The molecular weight excluding hydrogens is 436 g/mol. The maximum absolute atomic E-state index is 12.7. The van der Waals surface area contributed by atoms with Crippen LogP contribution in [0.15, 0.2) is 29.2 Å². The number of carbonyl (C=O) groups is 2. The van der Waals surface area contributed by atoms with E-state index in [1.165, 1.54) is 42.7 Å². The van der Waals surface area contributed by atoms with Crippen molar-refractivity contribution in [1.82, 2.24) is 4.90 Å². The third-order valence-electron chi connectivity index (χ3n) is 4.72. The minimum Gasteiger partial charge on any atom is -0.465 e.